The molecule has 1 aliphatic heterocycles. The minimum atomic E-state index is -0.917. The number of rotatable bonds is 5. The van der Waals surface area contributed by atoms with E-state index >= 15 is 0 Å². The molecule has 0 aliphatic carbocycles. The molecule has 0 unspecified atom stereocenters. The molecule has 6 nitrogen and oxygen atoms in total. The Labute approximate surface area is 135 Å². The number of benzene rings is 1. The molecule has 0 bridgehead atoms. The first-order chi connectivity index (χ1) is 11.0. The zero-order chi connectivity index (χ0) is 16.7. The summed E-state index contributed by atoms with van der Waals surface area (Å²) in [6.45, 7) is 0.660. The van der Waals surface area contributed by atoms with E-state index in [1.165, 1.54) is 0 Å². The molecule has 0 aromatic heterocycles. The first-order valence-electron chi connectivity index (χ1n) is 7.93. The van der Waals surface area contributed by atoms with Crippen LogP contribution in [0.5, 0.6) is 0 Å². The van der Waals surface area contributed by atoms with Crippen LogP contribution in [-0.2, 0) is 20.8 Å². The molecule has 1 saturated heterocycles. The predicted molar refractivity (Wildman–Crippen MR) is 86.1 cm³/mol. The number of carbonyl (C=O) groups is 3. The highest BCUT2D eigenvalue weighted by Crippen LogP contribution is 2.13. The van der Waals surface area contributed by atoms with Crippen molar-refractivity contribution in [2.45, 2.75) is 38.5 Å². The average molecular weight is 318 g/mol. The highest BCUT2D eigenvalue weighted by molar-refractivity contribution is 5.94. The second-order valence-corrected chi connectivity index (χ2v) is 5.80. The maximum atomic E-state index is 12.1. The molecule has 6 heteroatoms. The molecular formula is C17H22N2O4. The van der Waals surface area contributed by atoms with Crippen LogP contribution >= 0.6 is 0 Å². The van der Waals surface area contributed by atoms with Crippen LogP contribution in [0.2, 0.25) is 0 Å². The van der Waals surface area contributed by atoms with Gasteiger partial charge in [0.25, 0.3) is 0 Å². The van der Waals surface area contributed by atoms with E-state index in [9.17, 15) is 14.4 Å². The molecule has 1 heterocycles. The third kappa shape index (κ3) is 5.73. The van der Waals surface area contributed by atoms with E-state index < -0.39 is 5.97 Å². The number of nitrogens with zero attached hydrogens (tertiary/aromatic N) is 1. The van der Waals surface area contributed by atoms with Crippen molar-refractivity contribution in [3.8, 4) is 0 Å². The van der Waals surface area contributed by atoms with Gasteiger partial charge in [0.1, 0.15) is 0 Å². The van der Waals surface area contributed by atoms with Crippen LogP contribution in [0.25, 0.3) is 0 Å². The summed E-state index contributed by atoms with van der Waals surface area (Å²) in [7, 11) is 0. The normalized spacial score (nSPS) is 15.7. The third-order valence-electron chi connectivity index (χ3n) is 3.82. The van der Waals surface area contributed by atoms with Crippen molar-refractivity contribution >= 4 is 23.5 Å². The van der Waals surface area contributed by atoms with Gasteiger partial charge in [0.15, 0.2) is 0 Å². The van der Waals surface area contributed by atoms with Gasteiger partial charge in [-0.05, 0) is 30.5 Å². The summed E-state index contributed by atoms with van der Waals surface area (Å²) in [4.78, 5) is 36.5. The third-order valence-corrected chi connectivity index (χ3v) is 3.82. The molecule has 0 saturated carbocycles. The van der Waals surface area contributed by atoms with Crippen LogP contribution in [0.4, 0.5) is 5.69 Å². The van der Waals surface area contributed by atoms with Crippen LogP contribution in [0.15, 0.2) is 24.3 Å². The van der Waals surface area contributed by atoms with Crippen molar-refractivity contribution in [2.75, 3.05) is 18.4 Å². The Morgan fingerprint density at radius 2 is 1.96 bits per heavy atom. The second kappa shape index (κ2) is 8.31. The van der Waals surface area contributed by atoms with E-state index in [1.54, 1.807) is 29.2 Å². The Morgan fingerprint density at radius 1 is 1.17 bits per heavy atom. The summed E-state index contributed by atoms with van der Waals surface area (Å²) in [5.41, 5.74) is 1.17. The van der Waals surface area contributed by atoms with Crippen molar-refractivity contribution in [3.05, 3.63) is 29.8 Å². The summed E-state index contributed by atoms with van der Waals surface area (Å²) in [6.07, 6.45) is 4.38. The number of aliphatic carboxylic acids is 1. The average Bonchev–Trinajstić information content (AvgIpc) is 2.47. The second-order valence-electron chi connectivity index (χ2n) is 5.80. The minimum absolute atomic E-state index is 0.0273. The maximum Gasteiger partial charge on any atom is 0.307 e. The van der Waals surface area contributed by atoms with Crippen LogP contribution in [0.1, 0.15) is 37.7 Å². The highest BCUT2D eigenvalue weighted by atomic mass is 16.4. The monoisotopic (exact) mass is 318 g/mol. The molecule has 0 spiro atoms. The number of carboxylic acids is 1. The van der Waals surface area contributed by atoms with Gasteiger partial charge in [-0.15, -0.1) is 0 Å². The Kier molecular flexibility index (Phi) is 6.14. The minimum Gasteiger partial charge on any atom is -0.481 e. The summed E-state index contributed by atoms with van der Waals surface area (Å²) < 4.78 is 0. The van der Waals surface area contributed by atoms with Gasteiger partial charge in [-0.25, -0.2) is 0 Å². The van der Waals surface area contributed by atoms with Crippen molar-refractivity contribution in [1.82, 2.24) is 4.90 Å². The number of nitrogens with one attached hydrogen (secondary N) is 1. The summed E-state index contributed by atoms with van der Waals surface area (Å²) in [6, 6.07) is 6.75. The SMILES string of the molecule is O=C(O)Cc1cccc(NC(=O)CN2CCCCCCC2=O)c1. The number of carboxylic acid groups (broad SMARTS) is 1. The molecule has 1 fully saturated rings. The lowest BCUT2D eigenvalue weighted by Gasteiger charge is -2.24. The van der Waals surface area contributed by atoms with Crippen LogP contribution < -0.4 is 5.32 Å². The van der Waals surface area contributed by atoms with Gasteiger partial charge in [-0.2, -0.15) is 0 Å². The van der Waals surface area contributed by atoms with Gasteiger partial charge in [0.2, 0.25) is 11.8 Å². The predicted octanol–water partition coefficient (Wildman–Crippen LogP) is 2.04. The van der Waals surface area contributed by atoms with Crippen molar-refractivity contribution in [2.24, 2.45) is 0 Å². The van der Waals surface area contributed by atoms with Crippen LogP contribution in [-0.4, -0.2) is 40.9 Å². The van der Waals surface area contributed by atoms with E-state index in [0.29, 0.717) is 24.2 Å². The zero-order valence-electron chi connectivity index (χ0n) is 13.1. The van der Waals surface area contributed by atoms with Gasteiger partial charge in [-0.3, -0.25) is 14.4 Å². The Balaban J connectivity index is 1.93. The summed E-state index contributed by atoms with van der Waals surface area (Å²) >= 11 is 0. The van der Waals surface area contributed by atoms with Gasteiger partial charge < -0.3 is 15.3 Å². The van der Waals surface area contributed by atoms with Gasteiger partial charge in [0, 0.05) is 18.7 Å². The molecule has 1 aromatic carbocycles. The fraction of sp³-hybridized carbons (Fsp3) is 0.471. The number of anilines is 1. The quantitative estimate of drug-likeness (QED) is 0.870. The van der Waals surface area contributed by atoms with Crippen molar-refractivity contribution < 1.29 is 19.5 Å². The molecule has 124 valence electrons. The lowest BCUT2D eigenvalue weighted by Crippen LogP contribution is -2.39. The van der Waals surface area contributed by atoms with E-state index in [0.717, 1.165) is 25.7 Å². The standard InChI is InChI=1S/C17H22N2O4/c20-15(12-19-9-4-2-1-3-8-16(19)21)18-14-7-5-6-13(10-14)11-17(22)23/h5-7,10H,1-4,8-9,11-12H2,(H,18,20)(H,22,23). The maximum absolute atomic E-state index is 12.1. The molecule has 0 radical (unpaired) electrons. The Hall–Kier alpha value is -2.37. The largest absolute Gasteiger partial charge is 0.481 e. The number of likely N-dealkylation sites (tertiary alicyclic amines) is 1. The fourth-order valence-corrected chi connectivity index (χ4v) is 2.69. The number of hydrogen-bond acceptors (Lipinski definition) is 3. The zero-order valence-corrected chi connectivity index (χ0v) is 13.1. The van der Waals surface area contributed by atoms with Gasteiger partial charge in [0.05, 0.1) is 13.0 Å². The van der Waals surface area contributed by atoms with Gasteiger partial charge >= 0.3 is 5.97 Å². The van der Waals surface area contributed by atoms with Crippen molar-refractivity contribution in [3.63, 3.8) is 0 Å². The summed E-state index contributed by atoms with van der Waals surface area (Å²) in [5.74, 6) is -1.15. The number of amides is 2. The Morgan fingerprint density at radius 3 is 2.74 bits per heavy atom. The van der Waals surface area contributed by atoms with E-state index in [2.05, 4.69) is 5.32 Å². The summed E-state index contributed by atoms with van der Waals surface area (Å²) in [5, 5.41) is 11.5. The van der Waals surface area contributed by atoms with E-state index in [-0.39, 0.29) is 24.8 Å². The van der Waals surface area contributed by atoms with E-state index in [1.807, 2.05) is 0 Å². The number of hydrogen-bond donors (Lipinski definition) is 2. The smallest absolute Gasteiger partial charge is 0.307 e. The molecular weight excluding hydrogens is 296 g/mol. The molecule has 0 atom stereocenters. The molecule has 2 amide bonds. The molecule has 2 N–H and O–H groups in total. The topological polar surface area (TPSA) is 86.7 Å². The first-order valence-corrected chi connectivity index (χ1v) is 7.93. The molecule has 23 heavy (non-hydrogen) atoms. The fourth-order valence-electron chi connectivity index (χ4n) is 2.69. The highest BCUT2D eigenvalue weighted by Gasteiger charge is 2.18. The van der Waals surface area contributed by atoms with Crippen LogP contribution in [0.3, 0.4) is 0 Å². The lowest BCUT2D eigenvalue weighted by atomic mass is 10.1. The Bertz CT molecular complexity index is 586. The molecule has 1 aliphatic rings. The first kappa shape index (κ1) is 17.0. The molecule has 1 aromatic rings. The van der Waals surface area contributed by atoms with E-state index in [4.69, 9.17) is 5.11 Å². The number of carbonyl (C=O) groups excluding carboxylic acids is 2. The van der Waals surface area contributed by atoms with Crippen LogP contribution in [0, 0.1) is 0 Å². The molecule has 2 rings (SSSR count). The van der Waals surface area contributed by atoms with Crippen molar-refractivity contribution in [1.29, 1.82) is 0 Å². The van der Waals surface area contributed by atoms with Gasteiger partial charge in [-0.1, -0.05) is 25.0 Å². The lowest BCUT2D eigenvalue weighted by molar-refractivity contribution is -0.136.